The van der Waals surface area contributed by atoms with Gasteiger partial charge in [0.2, 0.25) is 5.85 Å². The zero-order valence-corrected chi connectivity index (χ0v) is 22.2. The number of hydrogen-bond donors (Lipinski definition) is 2. The molecule has 0 radical (unpaired) electrons. The van der Waals surface area contributed by atoms with Gasteiger partial charge in [-0.1, -0.05) is 91.0 Å². The van der Waals surface area contributed by atoms with Gasteiger partial charge in [-0.15, -0.1) is 0 Å². The van der Waals surface area contributed by atoms with Crippen molar-refractivity contribution < 1.29 is 33.3 Å². The lowest BCUT2D eigenvalue weighted by atomic mass is 9.98. The second kappa shape index (κ2) is 12.0. The van der Waals surface area contributed by atoms with Crippen LogP contribution in [0, 0.1) is 0 Å². The van der Waals surface area contributed by atoms with E-state index in [1.807, 2.05) is 48.5 Å². The SMILES string of the molecule is O=C(N[C@@H](Cc1ccc(O)cc1)C(=O)OC(c1ccccc1)P(=O)=O)OCC1c2ccccc2-c2ccccc21. The van der Waals surface area contributed by atoms with E-state index in [-0.39, 0.29) is 30.3 Å². The average Bonchev–Trinajstić information content (AvgIpc) is 3.29. The Kier molecular flexibility index (Phi) is 8.08. The summed E-state index contributed by atoms with van der Waals surface area (Å²) < 4.78 is 34.9. The highest BCUT2D eigenvalue weighted by Gasteiger charge is 2.32. The summed E-state index contributed by atoms with van der Waals surface area (Å²) in [6.45, 7) is 0.0416. The number of rotatable bonds is 9. The molecule has 0 bridgehead atoms. The smallest absolute Gasteiger partial charge is 0.407 e. The van der Waals surface area contributed by atoms with Gasteiger partial charge >= 0.3 is 19.7 Å². The van der Waals surface area contributed by atoms with Gasteiger partial charge in [0.05, 0.1) is 0 Å². The minimum atomic E-state index is -3.16. The van der Waals surface area contributed by atoms with Gasteiger partial charge in [-0.25, -0.2) is 18.7 Å². The van der Waals surface area contributed by atoms with E-state index < -0.39 is 31.6 Å². The molecule has 40 heavy (non-hydrogen) atoms. The van der Waals surface area contributed by atoms with Crippen LogP contribution in [0.2, 0.25) is 0 Å². The van der Waals surface area contributed by atoms with E-state index in [9.17, 15) is 23.8 Å². The van der Waals surface area contributed by atoms with E-state index >= 15 is 0 Å². The van der Waals surface area contributed by atoms with Crippen molar-refractivity contribution in [3.8, 4) is 16.9 Å². The molecule has 2 N–H and O–H groups in total. The normalized spacial score (nSPS) is 13.4. The fraction of sp³-hybridized carbons (Fsp3) is 0.161. The van der Waals surface area contributed by atoms with Gasteiger partial charge in [0.15, 0.2) is 0 Å². The topological polar surface area (TPSA) is 119 Å². The monoisotopic (exact) mass is 555 g/mol. The number of alkyl carbamates (subject to hydrolysis) is 1. The third kappa shape index (κ3) is 5.98. The van der Waals surface area contributed by atoms with Crippen molar-refractivity contribution in [3.63, 3.8) is 0 Å². The van der Waals surface area contributed by atoms with Crippen LogP contribution in [0.5, 0.6) is 5.75 Å². The van der Waals surface area contributed by atoms with Gasteiger partial charge in [0, 0.05) is 17.9 Å². The molecular formula is C31H26NO7P. The zero-order valence-electron chi connectivity index (χ0n) is 21.3. The molecule has 1 aliphatic carbocycles. The summed E-state index contributed by atoms with van der Waals surface area (Å²) in [5.74, 6) is -2.59. The summed E-state index contributed by atoms with van der Waals surface area (Å²) >= 11 is 0. The Morgan fingerprint density at radius 3 is 1.98 bits per heavy atom. The van der Waals surface area contributed by atoms with Crippen LogP contribution in [0.3, 0.4) is 0 Å². The fourth-order valence-electron chi connectivity index (χ4n) is 4.89. The predicted molar refractivity (Wildman–Crippen MR) is 147 cm³/mol. The summed E-state index contributed by atoms with van der Waals surface area (Å²) in [6, 6.07) is 28.8. The molecule has 8 nitrogen and oxygen atoms in total. The lowest BCUT2D eigenvalue weighted by Gasteiger charge is -2.21. The van der Waals surface area contributed by atoms with Gasteiger partial charge in [0.25, 0.3) is 0 Å². The number of phenols is 1. The second-order valence-corrected chi connectivity index (χ2v) is 10.4. The number of aromatic hydroxyl groups is 1. The highest BCUT2D eigenvalue weighted by Crippen LogP contribution is 2.44. The maximum Gasteiger partial charge on any atom is 0.407 e. The minimum Gasteiger partial charge on any atom is -0.508 e. The van der Waals surface area contributed by atoms with Crippen molar-refractivity contribution in [2.24, 2.45) is 0 Å². The van der Waals surface area contributed by atoms with Crippen LogP contribution in [0.1, 0.15) is 34.0 Å². The molecule has 0 aromatic heterocycles. The Morgan fingerprint density at radius 2 is 1.38 bits per heavy atom. The number of carbonyl (C=O) groups excluding carboxylic acids is 2. The molecule has 0 heterocycles. The number of hydrogen-bond acceptors (Lipinski definition) is 7. The first-order chi connectivity index (χ1) is 19.4. The van der Waals surface area contributed by atoms with E-state index in [1.54, 1.807) is 30.3 Å². The van der Waals surface area contributed by atoms with Gasteiger partial charge in [-0.2, -0.15) is 0 Å². The maximum absolute atomic E-state index is 13.2. The summed E-state index contributed by atoms with van der Waals surface area (Å²) in [5, 5.41) is 12.2. The number of phenolic OH excluding ortho intramolecular Hbond substituents is 1. The van der Waals surface area contributed by atoms with E-state index in [0.717, 1.165) is 22.3 Å². The first kappa shape index (κ1) is 26.9. The first-order valence-electron chi connectivity index (χ1n) is 12.7. The molecule has 0 aliphatic heterocycles. The number of amides is 1. The molecule has 1 unspecified atom stereocenters. The van der Waals surface area contributed by atoms with Gasteiger partial charge in [0.1, 0.15) is 18.4 Å². The molecule has 0 fully saturated rings. The summed E-state index contributed by atoms with van der Waals surface area (Å²) in [7, 11) is -3.16. The average molecular weight is 556 g/mol. The van der Waals surface area contributed by atoms with Crippen LogP contribution in [0.15, 0.2) is 103 Å². The van der Waals surface area contributed by atoms with Crippen LogP contribution < -0.4 is 5.32 Å². The van der Waals surface area contributed by atoms with Crippen molar-refractivity contribution in [1.29, 1.82) is 0 Å². The molecule has 0 saturated heterocycles. The molecule has 0 saturated carbocycles. The van der Waals surface area contributed by atoms with Gasteiger partial charge < -0.3 is 19.9 Å². The van der Waals surface area contributed by atoms with Gasteiger partial charge in [-0.3, -0.25) is 0 Å². The molecule has 4 aromatic rings. The first-order valence-corrected chi connectivity index (χ1v) is 13.9. The Morgan fingerprint density at radius 1 is 0.800 bits per heavy atom. The van der Waals surface area contributed by atoms with Crippen molar-refractivity contribution in [1.82, 2.24) is 5.32 Å². The molecule has 2 atom stereocenters. The Labute approximate surface area is 231 Å². The molecule has 0 spiro atoms. The van der Waals surface area contributed by atoms with Crippen LogP contribution in [0.4, 0.5) is 4.79 Å². The fourth-order valence-corrected chi connectivity index (χ4v) is 5.49. The number of fused-ring (bicyclic) bond motifs is 3. The lowest BCUT2D eigenvalue weighted by molar-refractivity contribution is -0.148. The summed E-state index contributed by atoms with van der Waals surface area (Å²) in [4.78, 5) is 26.2. The van der Waals surface area contributed by atoms with E-state index in [2.05, 4.69) is 5.32 Å². The predicted octanol–water partition coefficient (Wildman–Crippen LogP) is 6.26. The van der Waals surface area contributed by atoms with Crippen LogP contribution >= 0.6 is 7.68 Å². The Bertz CT molecular complexity index is 1530. The zero-order chi connectivity index (χ0) is 28.1. The second-order valence-electron chi connectivity index (χ2n) is 9.38. The Hall–Kier alpha value is -4.68. The molecule has 1 aliphatic rings. The number of nitrogens with one attached hydrogen (secondary N) is 1. The molecular weight excluding hydrogens is 529 g/mol. The molecule has 5 rings (SSSR count). The molecule has 1 amide bonds. The van der Waals surface area contributed by atoms with E-state index in [4.69, 9.17) is 9.47 Å². The van der Waals surface area contributed by atoms with Crippen molar-refractivity contribution in [3.05, 3.63) is 125 Å². The third-order valence-corrected chi connectivity index (χ3v) is 7.59. The van der Waals surface area contributed by atoms with Crippen LogP contribution in [0.25, 0.3) is 11.1 Å². The number of benzene rings is 4. The highest BCUT2D eigenvalue weighted by atomic mass is 31.1. The number of carbonyl (C=O) groups is 2. The quantitative estimate of drug-likeness (QED) is 0.185. The standard InChI is InChI=1S/C31H26NO7P/c33-22-16-14-20(15-17-22)18-28(29(34)39-30(40(36)37)21-8-2-1-3-9-21)32-31(35)38-19-27-25-12-6-4-10-23(25)24-11-5-7-13-26(24)27/h1-17,27-28,30,33H,18-19H2,(H,32,35)/t28-,30?/m0/s1. The maximum atomic E-state index is 13.2. The van der Waals surface area contributed by atoms with Crippen LogP contribution in [-0.4, -0.2) is 29.8 Å². The largest absolute Gasteiger partial charge is 0.508 e. The third-order valence-electron chi connectivity index (χ3n) is 6.80. The molecule has 4 aromatic carbocycles. The van der Waals surface area contributed by atoms with E-state index in [1.165, 1.54) is 24.3 Å². The van der Waals surface area contributed by atoms with Crippen LogP contribution in [-0.2, 0) is 29.8 Å². The lowest BCUT2D eigenvalue weighted by Crippen LogP contribution is -2.44. The van der Waals surface area contributed by atoms with Crippen molar-refractivity contribution in [2.75, 3.05) is 6.61 Å². The minimum absolute atomic E-state index is 0.0134. The molecule has 202 valence electrons. The Balaban J connectivity index is 1.32. The molecule has 9 heteroatoms. The number of ether oxygens (including phenoxy) is 2. The highest BCUT2D eigenvalue weighted by molar-refractivity contribution is 7.31. The number of esters is 1. The van der Waals surface area contributed by atoms with Crippen molar-refractivity contribution in [2.45, 2.75) is 24.2 Å². The van der Waals surface area contributed by atoms with E-state index in [0.29, 0.717) is 5.56 Å². The summed E-state index contributed by atoms with van der Waals surface area (Å²) in [5.41, 5.74) is 5.15. The van der Waals surface area contributed by atoms with Crippen molar-refractivity contribution >= 4 is 19.7 Å². The summed E-state index contributed by atoms with van der Waals surface area (Å²) in [6.07, 6.45) is -0.856. The van der Waals surface area contributed by atoms with Gasteiger partial charge in [-0.05, 0) is 39.9 Å².